The molecule has 0 aliphatic carbocycles. The monoisotopic (exact) mass is 268 g/mol. The van der Waals surface area contributed by atoms with Gasteiger partial charge in [0.15, 0.2) is 0 Å². The minimum absolute atomic E-state index is 0.0233. The van der Waals surface area contributed by atoms with Crippen molar-refractivity contribution >= 4 is 22.4 Å². The van der Waals surface area contributed by atoms with E-state index in [1.807, 2.05) is 38.1 Å². The number of para-hydroxylation sites is 1. The Labute approximate surface area is 110 Å². The highest BCUT2D eigenvalue weighted by molar-refractivity contribution is 7.86. The van der Waals surface area contributed by atoms with Gasteiger partial charge in [-0.2, -0.15) is 0 Å². The summed E-state index contributed by atoms with van der Waals surface area (Å²) in [6.07, 6.45) is 0.671. The van der Waals surface area contributed by atoms with Gasteiger partial charge in [-0.25, -0.2) is 0 Å². The number of anilines is 1. The van der Waals surface area contributed by atoms with Crippen LogP contribution < -0.4 is 11.1 Å². The molecule has 1 rings (SSSR count). The summed E-state index contributed by atoms with van der Waals surface area (Å²) >= 11 is 0. The van der Waals surface area contributed by atoms with Gasteiger partial charge >= 0.3 is 0 Å². The fraction of sp³-hybridized carbons (Fsp3) is 0.462. The molecule has 2 atom stereocenters. The zero-order valence-electron chi connectivity index (χ0n) is 10.8. The summed E-state index contributed by atoms with van der Waals surface area (Å²) in [4.78, 5) is 11.7. The second kappa shape index (κ2) is 7.28. The van der Waals surface area contributed by atoms with Gasteiger partial charge in [-0.05, 0) is 31.5 Å². The quantitative estimate of drug-likeness (QED) is 0.819. The fourth-order valence-electron chi connectivity index (χ4n) is 1.54. The van der Waals surface area contributed by atoms with Crippen molar-refractivity contribution in [3.05, 3.63) is 29.8 Å². The van der Waals surface area contributed by atoms with E-state index in [9.17, 15) is 9.00 Å². The summed E-state index contributed by atoms with van der Waals surface area (Å²) in [7, 11) is -1.17. The molecule has 4 nitrogen and oxygen atoms in total. The number of carbonyl (C=O) groups is 1. The molecule has 1 aromatic carbocycles. The highest BCUT2D eigenvalue weighted by Gasteiger charge is 2.14. The van der Waals surface area contributed by atoms with Gasteiger partial charge in [0.05, 0.1) is 0 Å². The third-order valence-electron chi connectivity index (χ3n) is 2.71. The van der Waals surface area contributed by atoms with E-state index in [0.717, 1.165) is 11.3 Å². The number of hydrogen-bond donors (Lipinski definition) is 2. The van der Waals surface area contributed by atoms with E-state index in [4.69, 9.17) is 5.73 Å². The van der Waals surface area contributed by atoms with Crippen molar-refractivity contribution in [2.24, 2.45) is 5.73 Å². The molecular weight excluding hydrogens is 248 g/mol. The first kappa shape index (κ1) is 14.9. The van der Waals surface area contributed by atoms with Crippen LogP contribution in [0.25, 0.3) is 0 Å². The lowest BCUT2D eigenvalue weighted by Gasteiger charge is -2.11. The maximum absolute atomic E-state index is 11.8. The molecule has 0 radical (unpaired) electrons. The topological polar surface area (TPSA) is 72.2 Å². The number of amides is 1. The first-order chi connectivity index (χ1) is 8.54. The molecule has 3 N–H and O–H groups in total. The standard InChI is InChI=1S/C13H20N2O2S/c1-10-5-3-4-6-12(10)15-13(16)9-18(17)11(2)7-8-14/h3-6,11H,7-9,14H2,1-2H3,(H,15,16). The molecule has 1 amide bonds. The van der Waals surface area contributed by atoms with Crippen LogP contribution in [0.3, 0.4) is 0 Å². The van der Waals surface area contributed by atoms with Crippen LogP contribution in [-0.4, -0.2) is 27.7 Å². The van der Waals surface area contributed by atoms with E-state index in [1.54, 1.807) is 0 Å². The van der Waals surface area contributed by atoms with Crippen LogP contribution in [0.2, 0.25) is 0 Å². The number of rotatable bonds is 6. The largest absolute Gasteiger partial charge is 0.330 e. The minimum atomic E-state index is -1.17. The Bertz CT molecular complexity index is 435. The van der Waals surface area contributed by atoms with Crippen molar-refractivity contribution in [2.45, 2.75) is 25.5 Å². The van der Waals surface area contributed by atoms with Crippen LogP contribution in [0.1, 0.15) is 18.9 Å². The molecule has 0 aliphatic heterocycles. The lowest BCUT2D eigenvalue weighted by atomic mass is 10.2. The third-order valence-corrected chi connectivity index (χ3v) is 4.39. The van der Waals surface area contributed by atoms with Crippen molar-refractivity contribution < 1.29 is 9.00 Å². The van der Waals surface area contributed by atoms with Gasteiger partial charge in [0, 0.05) is 21.7 Å². The maximum atomic E-state index is 11.8. The molecule has 0 saturated heterocycles. The Morgan fingerprint density at radius 3 is 2.72 bits per heavy atom. The number of hydrogen-bond acceptors (Lipinski definition) is 3. The van der Waals surface area contributed by atoms with Crippen LogP contribution >= 0.6 is 0 Å². The van der Waals surface area contributed by atoms with E-state index < -0.39 is 10.8 Å². The molecule has 1 aromatic rings. The Morgan fingerprint density at radius 2 is 2.11 bits per heavy atom. The zero-order valence-corrected chi connectivity index (χ0v) is 11.6. The average Bonchev–Trinajstić information content (AvgIpc) is 2.32. The predicted octanol–water partition coefficient (Wildman–Crippen LogP) is 1.42. The normalized spacial score (nSPS) is 13.9. The Balaban J connectivity index is 2.52. The van der Waals surface area contributed by atoms with Crippen LogP contribution in [0, 0.1) is 6.92 Å². The van der Waals surface area contributed by atoms with Crippen molar-refractivity contribution in [3.63, 3.8) is 0 Å². The minimum Gasteiger partial charge on any atom is -0.330 e. The van der Waals surface area contributed by atoms with Crippen LogP contribution in [0.15, 0.2) is 24.3 Å². The van der Waals surface area contributed by atoms with Crippen molar-refractivity contribution in [2.75, 3.05) is 17.6 Å². The summed E-state index contributed by atoms with van der Waals surface area (Å²) in [6.45, 7) is 4.26. The molecular formula is C13H20N2O2S. The van der Waals surface area contributed by atoms with Crippen molar-refractivity contribution in [1.29, 1.82) is 0 Å². The summed E-state index contributed by atoms with van der Waals surface area (Å²) in [5.41, 5.74) is 7.17. The highest BCUT2D eigenvalue weighted by Crippen LogP contribution is 2.13. The van der Waals surface area contributed by atoms with E-state index >= 15 is 0 Å². The van der Waals surface area contributed by atoms with Gasteiger partial charge in [0.2, 0.25) is 5.91 Å². The van der Waals surface area contributed by atoms with Crippen LogP contribution in [0.5, 0.6) is 0 Å². The molecule has 0 spiro atoms. The van der Waals surface area contributed by atoms with Gasteiger partial charge in [-0.3, -0.25) is 9.00 Å². The first-order valence-corrected chi connectivity index (χ1v) is 7.35. The number of carbonyl (C=O) groups excluding carboxylic acids is 1. The van der Waals surface area contributed by atoms with Gasteiger partial charge in [0.25, 0.3) is 0 Å². The van der Waals surface area contributed by atoms with Crippen molar-refractivity contribution in [3.8, 4) is 0 Å². The number of benzene rings is 1. The molecule has 0 saturated carbocycles. The van der Waals surface area contributed by atoms with E-state index in [-0.39, 0.29) is 16.9 Å². The van der Waals surface area contributed by atoms with Crippen LogP contribution in [0.4, 0.5) is 5.69 Å². The summed E-state index contributed by atoms with van der Waals surface area (Å²) in [6, 6.07) is 7.52. The molecule has 0 fully saturated rings. The average molecular weight is 268 g/mol. The van der Waals surface area contributed by atoms with Gasteiger partial charge < -0.3 is 11.1 Å². The molecule has 18 heavy (non-hydrogen) atoms. The number of nitrogens with two attached hydrogens (primary N) is 1. The third kappa shape index (κ3) is 4.58. The fourth-order valence-corrected chi connectivity index (χ4v) is 2.55. The summed E-state index contributed by atoms with van der Waals surface area (Å²) in [5, 5.41) is 2.73. The smallest absolute Gasteiger partial charge is 0.237 e. The molecule has 0 aromatic heterocycles. The maximum Gasteiger partial charge on any atom is 0.237 e. The number of nitrogens with one attached hydrogen (secondary N) is 1. The van der Waals surface area contributed by atoms with E-state index in [0.29, 0.717) is 13.0 Å². The zero-order chi connectivity index (χ0) is 13.5. The highest BCUT2D eigenvalue weighted by atomic mass is 32.2. The number of aryl methyl sites for hydroxylation is 1. The Hall–Kier alpha value is -1.20. The lowest BCUT2D eigenvalue weighted by Crippen LogP contribution is -2.26. The van der Waals surface area contributed by atoms with Crippen LogP contribution in [-0.2, 0) is 15.6 Å². The molecule has 5 heteroatoms. The van der Waals surface area contributed by atoms with E-state index in [2.05, 4.69) is 5.32 Å². The Morgan fingerprint density at radius 1 is 1.44 bits per heavy atom. The SMILES string of the molecule is Cc1ccccc1NC(=O)CS(=O)C(C)CCN. The lowest BCUT2D eigenvalue weighted by molar-refractivity contribution is -0.113. The summed E-state index contributed by atoms with van der Waals surface area (Å²) < 4.78 is 11.8. The first-order valence-electron chi connectivity index (χ1n) is 5.97. The van der Waals surface area contributed by atoms with Crippen molar-refractivity contribution in [1.82, 2.24) is 0 Å². The van der Waals surface area contributed by atoms with Gasteiger partial charge in [-0.1, -0.05) is 25.1 Å². The second-order valence-corrected chi connectivity index (χ2v) is 6.13. The molecule has 0 bridgehead atoms. The summed E-state index contributed by atoms with van der Waals surface area (Å²) in [5.74, 6) is -0.193. The molecule has 100 valence electrons. The van der Waals surface area contributed by atoms with E-state index in [1.165, 1.54) is 0 Å². The molecule has 0 aliphatic rings. The molecule has 2 unspecified atom stereocenters. The predicted molar refractivity (Wildman–Crippen MR) is 76.0 cm³/mol. The van der Waals surface area contributed by atoms with Gasteiger partial charge in [-0.15, -0.1) is 0 Å². The second-order valence-electron chi connectivity index (χ2n) is 4.28. The molecule has 0 heterocycles. The Kier molecular flexibility index (Phi) is 6.01. The van der Waals surface area contributed by atoms with Gasteiger partial charge in [0.1, 0.15) is 5.75 Å².